The molecular weight excluding hydrogens is 285 g/mol. The molecule has 0 heterocycles. The zero-order valence-corrected chi connectivity index (χ0v) is 11.7. The average molecular weight is 300 g/mol. The first-order chi connectivity index (χ1) is 9.36. The molecule has 1 aromatic carbocycles. The molecule has 1 amide bonds. The molecule has 2 unspecified atom stereocenters. The lowest BCUT2D eigenvalue weighted by molar-refractivity contribution is -0.148. The number of rotatable bonds is 3. The van der Waals surface area contributed by atoms with Crippen molar-refractivity contribution in [3.8, 4) is 0 Å². The predicted octanol–water partition coefficient (Wildman–Crippen LogP) is 2.85. The van der Waals surface area contributed by atoms with E-state index in [0.717, 1.165) is 12.5 Å². The summed E-state index contributed by atoms with van der Waals surface area (Å²) in [6.07, 6.45) is 1.82. The van der Waals surface area contributed by atoms with Crippen LogP contribution in [0.3, 0.4) is 0 Å². The number of carbonyl (C=O) groups excluding carboxylic acids is 1. The van der Waals surface area contributed by atoms with Crippen molar-refractivity contribution in [2.45, 2.75) is 32.2 Å². The van der Waals surface area contributed by atoms with Gasteiger partial charge in [0, 0.05) is 6.04 Å². The summed E-state index contributed by atoms with van der Waals surface area (Å²) in [5.41, 5.74) is -0.971. The van der Waals surface area contributed by atoms with Crippen LogP contribution in [0.25, 0.3) is 0 Å². The standard InChI is InChI=1S/C14H15ClFNO3/c1-14(13(19)20)7-3-6-10(14)17-12(18)8-4-2-5-9(16)11(8)15/h2,4-5,10H,3,6-7H2,1H3,(H,17,18)(H,19,20). The topological polar surface area (TPSA) is 66.4 Å². The number of hydrogen-bond acceptors (Lipinski definition) is 2. The van der Waals surface area contributed by atoms with Crippen molar-refractivity contribution in [1.29, 1.82) is 0 Å². The Balaban J connectivity index is 2.20. The van der Waals surface area contributed by atoms with Gasteiger partial charge in [-0.2, -0.15) is 0 Å². The van der Waals surface area contributed by atoms with E-state index in [2.05, 4.69) is 5.32 Å². The summed E-state index contributed by atoms with van der Waals surface area (Å²) < 4.78 is 13.3. The first kappa shape index (κ1) is 14.8. The Morgan fingerprint density at radius 1 is 1.50 bits per heavy atom. The number of carboxylic acid groups (broad SMARTS) is 1. The van der Waals surface area contributed by atoms with Gasteiger partial charge in [-0.25, -0.2) is 4.39 Å². The highest BCUT2D eigenvalue weighted by Crippen LogP contribution is 2.38. The van der Waals surface area contributed by atoms with Gasteiger partial charge in [0.25, 0.3) is 5.91 Å². The third kappa shape index (κ3) is 2.50. The van der Waals surface area contributed by atoms with Gasteiger partial charge in [-0.1, -0.05) is 24.1 Å². The van der Waals surface area contributed by atoms with E-state index in [1.165, 1.54) is 12.1 Å². The number of carboxylic acids is 1. The van der Waals surface area contributed by atoms with Crippen LogP contribution in [-0.4, -0.2) is 23.0 Å². The zero-order chi connectivity index (χ0) is 14.9. The van der Waals surface area contributed by atoms with Gasteiger partial charge in [0.05, 0.1) is 16.0 Å². The third-order valence-electron chi connectivity index (χ3n) is 3.95. The van der Waals surface area contributed by atoms with Crippen LogP contribution >= 0.6 is 11.6 Å². The van der Waals surface area contributed by atoms with Crippen LogP contribution in [0.5, 0.6) is 0 Å². The lowest BCUT2D eigenvalue weighted by Gasteiger charge is -2.27. The van der Waals surface area contributed by atoms with E-state index in [-0.39, 0.29) is 10.6 Å². The largest absolute Gasteiger partial charge is 0.481 e. The summed E-state index contributed by atoms with van der Waals surface area (Å²) in [5.74, 6) is -2.16. The molecule has 1 aliphatic rings. The Morgan fingerprint density at radius 2 is 2.20 bits per heavy atom. The molecule has 0 bridgehead atoms. The quantitative estimate of drug-likeness (QED) is 0.902. The summed E-state index contributed by atoms with van der Waals surface area (Å²) >= 11 is 5.76. The van der Waals surface area contributed by atoms with Crippen molar-refractivity contribution >= 4 is 23.5 Å². The van der Waals surface area contributed by atoms with Crippen LogP contribution in [0.1, 0.15) is 36.5 Å². The Bertz CT molecular complexity index is 563. The summed E-state index contributed by atoms with van der Waals surface area (Å²) in [7, 11) is 0. The van der Waals surface area contributed by atoms with E-state index in [1.54, 1.807) is 6.92 Å². The number of aliphatic carboxylic acids is 1. The molecule has 0 spiro atoms. The number of hydrogen-bond donors (Lipinski definition) is 2. The molecule has 1 aliphatic carbocycles. The van der Waals surface area contributed by atoms with Gasteiger partial charge in [-0.15, -0.1) is 0 Å². The van der Waals surface area contributed by atoms with Gasteiger partial charge >= 0.3 is 5.97 Å². The second-order valence-electron chi connectivity index (χ2n) is 5.24. The molecule has 0 saturated heterocycles. The molecule has 1 fully saturated rings. The minimum atomic E-state index is -0.991. The average Bonchev–Trinajstić information content (AvgIpc) is 2.75. The van der Waals surface area contributed by atoms with E-state index in [0.29, 0.717) is 12.8 Å². The van der Waals surface area contributed by atoms with Crippen LogP contribution in [0, 0.1) is 11.2 Å². The van der Waals surface area contributed by atoms with Crippen molar-refractivity contribution in [2.75, 3.05) is 0 Å². The van der Waals surface area contributed by atoms with Gasteiger partial charge in [-0.3, -0.25) is 9.59 Å². The zero-order valence-electron chi connectivity index (χ0n) is 11.0. The second kappa shape index (κ2) is 5.40. The minimum Gasteiger partial charge on any atom is -0.481 e. The van der Waals surface area contributed by atoms with E-state index in [4.69, 9.17) is 11.6 Å². The first-order valence-electron chi connectivity index (χ1n) is 6.34. The highest BCUT2D eigenvalue weighted by molar-refractivity contribution is 6.34. The molecule has 0 radical (unpaired) electrons. The van der Waals surface area contributed by atoms with E-state index in [1.807, 2.05) is 0 Å². The molecule has 4 nitrogen and oxygen atoms in total. The Labute approximate surface area is 120 Å². The minimum absolute atomic E-state index is 0.0197. The summed E-state index contributed by atoms with van der Waals surface area (Å²) in [6.45, 7) is 1.61. The third-order valence-corrected chi connectivity index (χ3v) is 4.33. The Hall–Kier alpha value is -1.62. The summed E-state index contributed by atoms with van der Waals surface area (Å²) in [5, 5.41) is 11.7. The highest BCUT2D eigenvalue weighted by atomic mass is 35.5. The summed E-state index contributed by atoms with van der Waals surface area (Å²) in [6, 6.07) is 3.48. The molecule has 2 N–H and O–H groups in total. The van der Waals surface area contributed by atoms with Crippen LogP contribution in [0.4, 0.5) is 4.39 Å². The van der Waals surface area contributed by atoms with Crippen molar-refractivity contribution in [1.82, 2.24) is 5.32 Å². The normalized spacial score (nSPS) is 25.4. The fourth-order valence-electron chi connectivity index (χ4n) is 2.57. The Kier molecular flexibility index (Phi) is 3.99. The van der Waals surface area contributed by atoms with Gasteiger partial charge in [-0.05, 0) is 31.9 Å². The molecule has 1 saturated carbocycles. The number of amides is 1. The van der Waals surface area contributed by atoms with E-state index >= 15 is 0 Å². The fourth-order valence-corrected chi connectivity index (χ4v) is 2.78. The fraction of sp³-hybridized carbons (Fsp3) is 0.429. The Morgan fingerprint density at radius 3 is 2.85 bits per heavy atom. The molecular formula is C14H15ClFNO3. The summed E-state index contributed by atoms with van der Waals surface area (Å²) in [4.78, 5) is 23.5. The lowest BCUT2D eigenvalue weighted by atomic mass is 9.85. The lowest BCUT2D eigenvalue weighted by Crippen LogP contribution is -2.47. The monoisotopic (exact) mass is 299 g/mol. The number of halogens is 2. The molecule has 108 valence electrons. The van der Waals surface area contributed by atoms with Gasteiger partial charge in [0.1, 0.15) is 5.82 Å². The molecule has 20 heavy (non-hydrogen) atoms. The van der Waals surface area contributed by atoms with Gasteiger partial charge in [0.15, 0.2) is 0 Å². The molecule has 2 atom stereocenters. The highest BCUT2D eigenvalue weighted by Gasteiger charge is 2.46. The maximum absolute atomic E-state index is 13.3. The van der Waals surface area contributed by atoms with Crippen LogP contribution in [-0.2, 0) is 4.79 Å². The second-order valence-corrected chi connectivity index (χ2v) is 5.62. The van der Waals surface area contributed by atoms with Crippen LogP contribution in [0.2, 0.25) is 5.02 Å². The van der Waals surface area contributed by atoms with Crippen LogP contribution in [0.15, 0.2) is 18.2 Å². The molecule has 1 aromatic rings. The molecule has 0 aliphatic heterocycles. The maximum atomic E-state index is 13.3. The predicted molar refractivity (Wildman–Crippen MR) is 72.3 cm³/mol. The van der Waals surface area contributed by atoms with E-state index < -0.39 is 29.2 Å². The van der Waals surface area contributed by atoms with Crippen LogP contribution < -0.4 is 5.32 Å². The van der Waals surface area contributed by atoms with Gasteiger partial charge in [0.2, 0.25) is 0 Å². The first-order valence-corrected chi connectivity index (χ1v) is 6.72. The van der Waals surface area contributed by atoms with Crippen molar-refractivity contribution in [3.63, 3.8) is 0 Å². The molecule has 0 aromatic heterocycles. The van der Waals surface area contributed by atoms with E-state index in [9.17, 15) is 19.1 Å². The van der Waals surface area contributed by atoms with Crippen molar-refractivity contribution in [2.24, 2.45) is 5.41 Å². The van der Waals surface area contributed by atoms with Gasteiger partial charge < -0.3 is 10.4 Å². The maximum Gasteiger partial charge on any atom is 0.311 e. The van der Waals surface area contributed by atoms with Crippen molar-refractivity contribution in [3.05, 3.63) is 34.6 Å². The number of benzene rings is 1. The molecule has 2 rings (SSSR count). The SMILES string of the molecule is CC1(C(=O)O)CCCC1NC(=O)c1cccc(F)c1Cl. The molecule has 6 heteroatoms. The smallest absolute Gasteiger partial charge is 0.311 e. The number of nitrogens with one attached hydrogen (secondary N) is 1. The number of carbonyl (C=O) groups is 2. The van der Waals surface area contributed by atoms with Crippen molar-refractivity contribution < 1.29 is 19.1 Å².